The van der Waals surface area contributed by atoms with E-state index in [0.717, 1.165) is 0 Å². The molecule has 0 spiro atoms. The highest BCUT2D eigenvalue weighted by Gasteiger charge is 2.19. The first kappa shape index (κ1) is 13.7. The minimum absolute atomic E-state index is 0.0441. The van der Waals surface area contributed by atoms with Gasteiger partial charge in [-0.2, -0.15) is 11.8 Å². The lowest BCUT2D eigenvalue weighted by molar-refractivity contribution is -0.123. The molecule has 0 aliphatic carbocycles. The lowest BCUT2D eigenvalue weighted by atomic mass is 10.2. The van der Waals surface area contributed by atoms with Crippen LogP contribution in [0.15, 0.2) is 0 Å². The average molecular weight is 220 g/mol. The van der Waals surface area contributed by atoms with Gasteiger partial charge < -0.3 is 15.8 Å². The van der Waals surface area contributed by atoms with Crippen LogP contribution in [-0.4, -0.2) is 43.2 Å². The summed E-state index contributed by atoms with van der Waals surface area (Å²) in [6, 6.07) is -0.572. The molecule has 0 aromatic heterocycles. The molecule has 0 saturated carbocycles. The van der Waals surface area contributed by atoms with Crippen LogP contribution in [0.5, 0.6) is 0 Å². The van der Waals surface area contributed by atoms with Crippen molar-refractivity contribution >= 4 is 17.7 Å². The molecule has 14 heavy (non-hydrogen) atoms. The van der Waals surface area contributed by atoms with Crippen LogP contribution in [0.3, 0.4) is 0 Å². The molecule has 0 radical (unpaired) electrons. The molecule has 5 heteroatoms. The molecule has 0 aromatic carbocycles. The van der Waals surface area contributed by atoms with E-state index >= 15 is 0 Å². The summed E-state index contributed by atoms with van der Waals surface area (Å²) >= 11 is 1.71. The van der Waals surface area contributed by atoms with Crippen LogP contribution in [0.25, 0.3) is 0 Å². The second-order valence-corrected chi connectivity index (χ2v) is 5.26. The average Bonchev–Trinajstić information content (AvgIpc) is 2.15. The van der Waals surface area contributed by atoms with E-state index in [1.807, 2.05) is 6.26 Å². The Morgan fingerprint density at radius 2 is 2.21 bits per heavy atom. The molecule has 4 nitrogen and oxygen atoms in total. The minimum atomic E-state index is -0.572. The Labute approximate surface area is 89.9 Å². The predicted molar refractivity (Wildman–Crippen MR) is 60.5 cm³/mol. The second kappa shape index (κ2) is 6.27. The fourth-order valence-corrected chi connectivity index (χ4v) is 0.975. The highest BCUT2D eigenvalue weighted by atomic mass is 32.2. The zero-order valence-electron chi connectivity index (χ0n) is 9.29. The van der Waals surface area contributed by atoms with Gasteiger partial charge in [-0.25, -0.2) is 0 Å². The van der Waals surface area contributed by atoms with Gasteiger partial charge in [0.05, 0.1) is 6.61 Å². The number of hydrogen-bond donors (Lipinski definition) is 2. The standard InChI is InChI=1S/C9H20N2O2S/c1-9(2,14-4)6-11-8(12)7(10)5-13-3/h7H,5-6,10H2,1-4H3,(H,11,12). The summed E-state index contributed by atoms with van der Waals surface area (Å²) in [7, 11) is 1.53. The highest BCUT2D eigenvalue weighted by molar-refractivity contribution is 7.99. The molecule has 1 unspecified atom stereocenters. The zero-order valence-corrected chi connectivity index (χ0v) is 10.1. The topological polar surface area (TPSA) is 64.3 Å². The minimum Gasteiger partial charge on any atom is -0.383 e. The summed E-state index contributed by atoms with van der Waals surface area (Å²) < 4.78 is 4.84. The van der Waals surface area contributed by atoms with Gasteiger partial charge in [-0.3, -0.25) is 4.79 Å². The molecule has 0 fully saturated rings. The number of hydrogen-bond acceptors (Lipinski definition) is 4. The van der Waals surface area contributed by atoms with E-state index < -0.39 is 6.04 Å². The van der Waals surface area contributed by atoms with E-state index in [-0.39, 0.29) is 17.3 Å². The Bertz CT molecular complexity index is 186. The first-order valence-corrected chi connectivity index (χ1v) is 5.73. The van der Waals surface area contributed by atoms with Crippen LogP contribution in [0.4, 0.5) is 0 Å². The molecule has 0 saturated heterocycles. The highest BCUT2D eigenvalue weighted by Crippen LogP contribution is 2.19. The zero-order chi connectivity index (χ0) is 11.2. The molecular formula is C9H20N2O2S. The van der Waals surface area contributed by atoms with Gasteiger partial charge in [-0.05, 0) is 20.1 Å². The molecule has 0 bridgehead atoms. The van der Waals surface area contributed by atoms with Crippen LogP contribution in [-0.2, 0) is 9.53 Å². The summed E-state index contributed by atoms with van der Waals surface area (Å²) in [6.07, 6.45) is 2.02. The molecule has 1 amide bonds. The third-order valence-electron chi connectivity index (χ3n) is 1.92. The number of amides is 1. The van der Waals surface area contributed by atoms with Crippen LogP contribution < -0.4 is 11.1 Å². The Morgan fingerprint density at radius 3 is 2.64 bits per heavy atom. The molecule has 0 heterocycles. The second-order valence-electron chi connectivity index (χ2n) is 3.74. The molecule has 1 atom stereocenters. The van der Waals surface area contributed by atoms with Crippen LogP contribution in [0.1, 0.15) is 13.8 Å². The Morgan fingerprint density at radius 1 is 1.64 bits per heavy atom. The Kier molecular flexibility index (Phi) is 6.15. The van der Waals surface area contributed by atoms with Gasteiger partial charge in [-0.15, -0.1) is 0 Å². The van der Waals surface area contributed by atoms with E-state index in [4.69, 9.17) is 10.5 Å². The Hall–Kier alpha value is -0.260. The summed E-state index contributed by atoms with van der Waals surface area (Å²) in [5.74, 6) is -0.158. The van der Waals surface area contributed by atoms with E-state index in [1.54, 1.807) is 11.8 Å². The van der Waals surface area contributed by atoms with Crippen molar-refractivity contribution in [2.24, 2.45) is 5.73 Å². The van der Waals surface area contributed by atoms with Gasteiger partial charge in [0.25, 0.3) is 0 Å². The number of ether oxygens (including phenoxy) is 1. The molecule has 0 rings (SSSR count). The summed E-state index contributed by atoms with van der Waals surface area (Å²) in [6.45, 7) is 5.01. The van der Waals surface area contributed by atoms with Gasteiger partial charge in [0.2, 0.25) is 5.91 Å². The van der Waals surface area contributed by atoms with Crippen molar-refractivity contribution in [2.45, 2.75) is 24.6 Å². The number of nitrogens with one attached hydrogen (secondary N) is 1. The van der Waals surface area contributed by atoms with E-state index in [0.29, 0.717) is 6.54 Å². The fourth-order valence-electron chi connectivity index (χ4n) is 0.758. The van der Waals surface area contributed by atoms with Gasteiger partial charge >= 0.3 is 0 Å². The normalized spacial score (nSPS) is 13.8. The van der Waals surface area contributed by atoms with Crippen LogP contribution in [0.2, 0.25) is 0 Å². The molecule has 0 aliphatic rings. The fraction of sp³-hybridized carbons (Fsp3) is 0.889. The Balaban J connectivity index is 3.84. The SMILES string of the molecule is COCC(N)C(=O)NCC(C)(C)SC. The van der Waals surface area contributed by atoms with Gasteiger partial charge in [0.1, 0.15) is 6.04 Å². The van der Waals surface area contributed by atoms with Crippen LogP contribution in [0, 0.1) is 0 Å². The molecule has 84 valence electrons. The van der Waals surface area contributed by atoms with Crippen molar-refractivity contribution in [1.29, 1.82) is 0 Å². The molecule has 3 N–H and O–H groups in total. The lowest BCUT2D eigenvalue weighted by Crippen LogP contribution is -2.47. The van der Waals surface area contributed by atoms with Crippen molar-refractivity contribution in [3.8, 4) is 0 Å². The molecular weight excluding hydrogens is 200 g/mol. The van der Waals surface area contributed by atoms with Gasteiger partial charge in [-0.1, -0.05) is 0 Å². The van der Waals surface area contributed by atoms with Gasteiger partial charge in [0, 0.05) is 18.4 Å². The maximum absolute atomic E-state index is 11.4. The van der Waals surface area contributed by atoms with E-state index in [1.165, 1.54) is 7.11 Å². The van der Waals surface area contributed by atoms with Crippen molar-refractivity contribution in [1.82, 2.24) is 5.32 Å². The third kappa shape index (κ3) is 5.47. The smallest absolute Gasteiger partial charge is 0.239 e. The van der Waals surface area contributed by atoms with E-state index in [2.05, 4.69) is 19.2 Å². The van der Waals surface area contributed by atoms with Crippen molar-refractivity contribution in [2.75, 3.05) is 26.5 Å². The third-order valence-corrected chi connectivity index (χ3v) is 3.17. The number of carbonyl (C=O) groups is 1. The number of nitrogens with two attached hydrogens (primary N) is 1. The quantitative estimate of drug-likeness (QED) is 0.672. The lowest BCUT2D eigenvalue weighted by Gasteiger charge is -2.23. The summed E-state index contributed by atoms with van der Waals surface area (Å²) in [5.41, 5.74) is 5.55. The summed E-state index contributed by atoms with van der Waals surface area (Å²) in [4.78, 5) is 11.4. The van der Waals surface area contributed by atoms with Crippen molar-refractivity contribution in [3.63, 3.8) is 0 Å². The van der Waals surface area contributed by atoms with Crippen molar-refractivity contribution in [3.05, 3.63) is 0 Å². The number of carbonyl (C=O) groups excluding carboxylic acids is 1. The largest absolute Gasteiger partial charge is 0.383 e. The van der Waals surface area contributed by atoms with Crippen molar-refractivity contribution < 1.29 is 9.53 Å². The molecule has 0 aromatic rings. The number of methoxy groups -OCH3 is 1. The first-order chi connectivity index (χ1) is 6.43. The molecule has 0 aliphatic heterocycles. The maximum atomic E-state index is 11.4. The van der Waals surface area contributed by atoms with Crippen LogP contribution >= 0.6 is 11.8 Å². The number of rotatable bonds is 6. The maximum Gasteiger partial charge on any atom is 0.239 e. The van der Waals surface area contributed by atoms with Gasteiger partial charge in [0.15, 0.2) is 0 Å². The predicted octanol–water partition coefficient (Wildman–Crippen LogP) is 0.218. The first-order valence-electron chi connectivity index (χ1n) is 4.50. The number of thioether (sulfide) groups is 1. The van der Waals surface area contributed by atoms with E-state index in [9.17, 15) is 4.79 Å². The monoisotopic (exact) mass is 220 g/mol. The summed E-state index contributed by atoms with van der Waals surface area (Å²) in [5, 5.41) is 2.79.